The van der Waals surface area contributed by atoms with Gasteiger partial charge < -0.3 is 10.1 Å². The summed E-state index contributed by atoms with van der Waals surface area (Å²) in [4.78, 5) is 12.1. The largest absolute Gasteiger partial charge is 0.481 e. The molecule has 0 radical (unpaired) electrons. The Kier molecular flexibility index (Phi) is 5.38. The lowest BCUT2D eigenvalue weighted by atomic mass is 10.2. The van der Waals surface area contributed by atoms with Gasteiger partial charge in [0.05, 0.1) is 0 Å². The van der Waals surface area contributed by atoms with E-state index in [0.29, 0.717) is 5.75 Å². The van der Waals surface area contributed by atoms with Crippen LogP contribution in [0.25, 0.3) is 0 Å². The number of amides is 1. The Balaban J connectivity index is 2.25. The highest BCUT2D eigenvalue weighted by Gasteiger charge is 2.29. The molecule has 0 fully saturated rings. The Labute approximate surface area is 134 Å². The van der Waals surface area contributed by atoms with Crippen molar-refractivity contribution in [3.63, 3.8) is 0 Å². The van der Waals surface area contributed by atoms with Crippen molar-refractivity contribution in [1.82, 2.24) is 0 Å². The van der Waals surface area contributed by atoms with Crippen molar-refractivity contribution in [1.29, 1.82) is 0 Å². The maximum atomic E-state index is 13.6. The van der Waals surface area contributed by atoms with Gasteiger partial charge in [0.15, 0.2) is 29.4 Å². The standard InChI is InChI=1S/C16H12F5NO2/c1-2-9(24-8-6-4-3-5-7-8)16(23)22-15-13(20)11(18)10(17)12(19)14(15)21/h3-7,9H,2H2,1H3,(H,22,23)/t9-/m0/s1. The van der Waals surface area contributed by atoms with Crippen LogP contribution in [-0.4, -0.2) is 12.0 Å². The number of para-hydroxylation sites is 1. The molecule has 0 heterocycles. The Morgan fingerprint density at radius 3 is 1.96 bits per heavy atom. The highest BCUT2D eigenvalue weighted by atomic mass is 19.2. The number of carbonyl (C=O) groups excluding carboxylic acids is 1. The number of carbonyl (C=O) groups is 1. The summed E-state index contributed by atoms with van der Waals surface area (Å²) in [5.74, 6) is -11.5. The fourth-order valence-electron chi connectivity index (χ4n) is 1.90. The van der Waals surface area contributed by atoms with Crippen LogP contribution < -0.4 is 10.1 Å². The summed E-state index contributed by atoms with van der Waals surface area (Å²) in [6.07, 6.45) is -1.07. The van der Waals surface area contributed by atoms with Crippen molar-refractivity contribution in [2.45, 2.75) is 19.4 Å². The Morgan fingerprint density at radius 2 is 1.46 bits per heavy atom. The number of anilines is 1. The number of halogens is 5. The quantitative estimate of drug-likeness (QED) is 0.502. The summed E-state index contributed by atoms with van der Waals surface area (Å²) < 4.78 is 71.8. The molecule has 0 unspecified atom stereocenters. The van der Waals surface area contributed by atoms with Crippen molar-refractivity contribution in [2.75, 3.05) is 5.32 Å². The molecule has 8 heteroatoms. The zero-order chi connectivity index (χ0) is 17.9. The lowest BCUT2D eigenvalue weighted by Crippen LogP contribution is -2.33. The summed E-state index contributed by atoms with van der Waals surface area (Å²) in [5.41, 5.74) is -1.41. The molecule has 2 rings (SSSR count). The zero-order valence-corrected chi connectivity index (χ0v) is 12.4. The van der Waals surface area contributed by atoms with Crippen LogP contribution >= 0.6 is 0 Å². The number of rotatable bonds is 5. The van der Waals surface area contributed by atoms with Gasteiger partial charge in [0, 0.05) is 0 Å². The van der Waals surface area contributed by atoms with Crippen molar-refractivity contribution >= 4 is 11.6 Å². The molecule has 0 aliphatic rings. The van der Waals surface area contributed by atoms with Crippen molar-refractivity contribution in [2.24, 2.45) is 0 Å². The molecule has 128 valence electrons. The summed E-state index contributed by atoms with van der Waals surface area (Å²) in [6, 6.07) is 8.10. The molecular weight excluding hydrogens is 333 g/mol. The first-order valence-electron chi connectivity index (χ1n) is 6.90. The van der Waals surface area contributed by atoms with E-state index in [0.717, 1.165) is 0 Å². The summed E-state index contributed by atoms with van der Waals surface area (Å²) >= 11 is 0. The first-order valence-corrected chi connectivity index (χ1v) is 6.90. The monoisotopic (exact) mass is 345 g/mol. The van der Waals surface area contributed by atoms with Gasteiger partial charge in [0.25, 0.3) is 5.91 Å². The van der Waals surface area contributed by atoms with Crippen LogP contribution in [0.3, 0.4) is 0 Å². The molecule has 3 nitrogen and oxygen atoms in total. The second-order valence-electron chi connectivity index (χ2n) is 4.76. The number of benzene rings is 2. The maximum absolute atomic E-state index is 13.6. The van der Waals surface area contributed by atoms with Crippen molar-refractivity contribution < 1.29 is 31.5 Å². The molecule has 2 aromatic rings. The first kappa shape index (κ1) is 17.7. The second-order valence-corrected chi connectivity index (χ2v) is 4.76. The Bertz CT molecular complexity index is 723. The van der Waals surface area contributed by atoms with E-state index in [-0.39, 0.29) is 6.42 Å². The summed E-state index contributed by atoms with van der Waals surface area (Å²) in [7, 11) is 0. The van der Waals surface area contributed by atoms with Gasteiger partial charge in [-0.3, -0.25) is 4.79 Å². The molecule has 0 aromatic heterocycles. The number of hydrogen-bond acceptors (Lipinski definition) is 2. The van der Waals surface area contributed by atoms with Gasteiger partial charge in [0.1, 0.15) is 11.4 Å². The third-order valence-corrected chi connectivity index (χ3v) is 3.14. The minimum atomic E-state index is -2.30. The lowest BCUT2D eigenvalue weighted by Gasteiger charge is -2.18. The molecule has 0 spiro atoms. The molecule has 0 aliphatic heterocycles. The van der Waals surface area contributed by atoms with E-state index in [1.165, 1.54) is 0 Å². The smallest absolute Gasteiger partial charge is 0.265 e. The average molecular weight is 345 g/mol. The van der Waals surface area contributed by atoms with E-state index in [1.807, 2.05) is 0 Å². The normalized spacial score (nSPS) is 11.9. The van der Waals surface area contributed by atoms with E-state index in [9.17, 15) is 26.7 Å². The van der Waals surface area contributed by atoms with Crippen LogP contribution in [0.1, 0.15) is 13.3 Å². The molecule has 0 bridgehead atoms. The van der Waals surface area contributed by atoms with Crippen LogP contribution in [0.5, 0.6) is 5.75 Å². The molecule has 24 heavy (non-hydrogen) atoms. The van der Waals surface area contributed by atoms with Gasteiger partial charge in [-0.25, -0.2) is 22.0 Å². The molecule has 0 saturated heterocycles. The first-order chi connectivity index (χ1) is 11.4. The molecule has 1 atom stereocenters. The van der Waals surface area contributed by atoms with Gasteiger partial charge in [-0.2, -0.15) is 0 Å². The van der Waals surface area contributed by atoms with Gasteiger partial charge >= 0.3 is 0 Å². The maximum Gasteiger partial charge on any atom is 0.265 e. The summed E-state index contributed by atoms with van der Waals surface area (Å²) in [6.45, 7) is 1.56. The van der Waals surface area contributed by atoms with Crippen LogP contribution in [0, 0.1) is 29.1 Å². The van der Waals surface area contributed by atoms with Crippen LogP contribution in [0.4, 0.5) is 27.6 Å². The van der Waals surface area contributed by atoms with Gasteiger partial charge in [-0.15, -0.1) is 0 Å². The predicted molar refractivity (Wildman–Crippen MR) is 76.0 cm³/mol. The van der Waals surface area contributed by atoms with E-state index >= 15 is 0 Å². The Morgan fingerprint density at radius 1 is 0.958 bits per heavy atom. The molecule has 0 aliphatic carbocycles. The topological polar surface area (TPSA) is 38.3 Å². The lowest BCUT2D eigenvalue weighted by molar-refractivity contribution is -0.122. The molecule has 0 saturated carbocycles. The third-order valence-electron chi connectivity index (χ3n) is 3.14. The van der Waals surface area contributed by atoms with Gasteiger partial charge in [0.2, 0.25) is 5.82 Å². The molecule has 1 amide bonds. The Hall–Kier alpha value is -2.64. The number of nitrogens with one attached hydrogen (secondary N) is 1. The van der Waals surface area contributed by atoms with Crippen molar-refractivity contribution in [3.05, 3.63) is 59.4 Å². The highest BCUT2D eigenvalue weighted by Crippen LogP contribution is 2.27. The predicted octanol–water partition coefficient (Wildman–Crippen LogP) is 4.18. The minimum absolute atomic E-state index is 0.107. The fraction of sp³-hybridized carbons (Fsp3) is 0.188. The second kappa shape index (κ2) is 7.29. The molecular formula is C16H12F5NO2. The van der Waals surface area contributed by atoms with Gasteiger partial charge in [-0.1, -0.05) is 25.1 Å². The minimum Gasteiger partial charge on any atom is -0.481 e. The third kappa shape index (κ3) is 3.47. The SMILES string of the molecule is CC[C@H](Oc1ccccc1)C(=O)Nc1c(F)c(F)c(F)c(F)c1F. The van der Waals surface area contributed by atoms with E-state index in [1.54, 1.807) is 42.6 Å². The number of ether oxygens (including phenoxy) is 1. The van der Waals surface area contributed by atoms with Crippen molar-refractivity contribution in [3.8, 4) is 5.75 Å². The number of hydrogen-bond donors (Lipinski definition) is 1. The van der Waals surface area contributed by atoms with Gasteiger partial charge in [-0.05, 0) is 18.6 Å². The molecule has 1 N–H and O–H groups in total. The van der Waals surface area contributed by atoms with Crippen LogP contribution in [0.15, 0.2) is 30.3 Å². The average Bonchev–Trinajstić information content (AvgIpc) is 2.60. The van der Waals surface area contributed by atoms with E-state index in [2.05, 4.69) is 0 Å². The summed E-state index contributed by atoms with van der Waals surface area (Å²) in [5, 5.41) is 1.70. The fourth-order valence-corrected chi connectivity index (χ4v) is 1.90. The molecule has 2 aromatic carbocycles. The van der Waals surface area contributed by atoms with Crippen LogP contribution in [0.2, 0.25) is 0 Å². The highest BCUT2D eigenvalue weighted by molar-refractivity contribution is 5.94. The van der Waals surface area contributed by atoms with E-state index < -0.39 is 46.8 Å². The van der Waals surface area contributed by atoms with Crippen LogP contribution in [-0.2, 0) is 4.79 Å². The zero-order valence-electron chi connectivity index (χ0n) is 12.4. The van der Waals surface area contributed by atoms with E-state index in [4.69, 9.17) is 4.74 Å².